The molecule has 0 atom stereocenters. The van der Waals surface area contributed by atoms with Crippen LogP contribution in [0, 0.1) is 10.1 Å². The highest BCUT2D eigenvalue weighted by Gasteiger charge is 2.16. The number of thioether (sulfide) groups is 1. The van der Waals surface area contributed by atoms with Crippen LogP contribution in [0.4, 0.5) is 5.69 Å². The molecule has 0 unspecified atom stereocenters. The second kappa shape index (κ2) is 7.10. The first-order valence-electron chi connectivity index (χ1n) is 7.20. The zero-order chi connectivity index (χ0) is 16.9. The minimum atomic E-state index is -0.420. The molecule has 0 spiro atoms. The van der Waals surface area contributed by atoms with Crippen LogP contribution >= 0.6 is 11.8 Å². The van der Waals surface area contributed by atoms with Gasteiger partial charge in [-0.25, -0.2) is 0 Å². The number of para-hydroxylation sites is 1. The van der Waals surface area contributed by atoms with E-state index in [0.29, 0.717) is 11.6 Å². The minimum Gasteiger partial charge on any atom is -0.270 e. The van der Waals surface area contributed by atoms with Gasteiger partial charge < -0.3 is 0 Å². The average Bonchev–Trinajstić information content (AvgIpc) is 3.04. The molecule has 0 aliphatic heterocycles. The molecule has 1 heterocycles. The van der Waals surface area contributed by atoms with Gasteiger partial charge >= 0.3 is 0 Å². The normalized spacial score (nSPS) is 10.5. The molecule has 0 saturated heterocycles. The van der Waals surface area contributed by atoms with E-state index in [1.165, 1.54) is 23.9 Å². The van der Waals surface area contributed by atoms with Gasteiger partial charge in [-0.15, -0.1) is 16.8 Å². The van der Waals surface area contributed by atoms with Crippen LogP contribution < -0.4 is 0 Å². The second-order valence-electron chi connectivity index (χ2n) is 4.88. The molecule has 6 nitrogen and oxygen atoms in total. The SMILES string of the molecule is C=CCSc1nnc(-c2ccc([N+](=O)[O-])cc2)n1-c1ccccc1. The van der Waals surface area contributed by atoms with E-state index < -0.39 is 4.92 Å². The average molecular weight is 338 g/mol. The third-order valence-electron chi connectivity index (χ3n) is 3.31. The lowest BCUT2D eigenvalue weighted by molar-refractivity contribution is -0.384. The standard InChI is InChI=1S/C17H14N4O2S/c1-2-12-24-17-19-18-16(20(17)14-6-4-3-5-7-14)13-8-10-15(11-9-13)21(22)23/h2-11H,1,12H2. The molecule has 0 amide bonds. The van der Waals surface area contributed by atoms with Gasteiger partial charge in [-0.3, -0.25) is 14.7 Å². The van der Waals surface area contributed by atoms with E-state index in [1.807, 2.05) is 34.9 Å². The molecular formula is C17H14N4O2S. The van der Waals surface area contributed by atoms with E-state index in [4.69, 9.17) is 0 Å². The number of aromatic nitrogens is 3. The molecule has 1 aromatic heterocycles. The molecule has 0 aliphatic rings. The molecule has 0 bridgehead atoms. The largest absolute Gasteiger partial charge is 0.270 e. The maximum absolute atomic E-state index is 10.8. The molecule has 3 aromatic rings. The van der Waals surface area contributed by atoms with Crippen molar-refractivity contribution in [1.29, 1.82) is 0 Å². The molecule has 0 aliphatic carbocycles. The first-order valence-corrected chi connectivity index (χ1v) is 8.18. The quantitative estimate of drug-likeness (QED) is 0.292. The van der Waals surface area contributed by atoms with E-state index >= 15 is 0 Å². The monoisotopic (exact) mass is 338 g/mol. The molecule has 0 saturated carbocycles. The van der Waals surface area contributed by atoms with Gasteiger partial charge in [-0.1, -0.05) is 36.0 Å². The summed E-state index contributed by atoms with van der Waals surface area (Å²) in [7, 11) is 0. The maximum Gasteiger partial charge on any atom is 0.269 e. The molecule has 7 heteroatoms. The van der Waals surface area contributed by atoms with Crippen molar-refractivity contribution in [1.82, 2.24) is 14.8 Å². The van der Waals surface area contributed by atoms with Crippen molar-refractivity contribution >= 4 is 17.4 Å². The highest BCUT2D eigenvalue weighted by Crippen LogP contribution is 2.28. The topological polar surface area (TPSA) is 73.8 Å². The first-order chi connectivity index (χ1) is 11.7. The van der Waals surface area contributed by atoms with Crippen LogP contribution in [0.2, 0.25) is 0 Å². The Balaban J connectivity index is 2.09. The van der Waals surface area contributed by atoms with Crippen LogP contribution in [0.1, 0.15) is 0 Å². The minimum absolute atomic E-state index is 0.0470. The summed E-state index contributed by atoms with van der Waals surface area (Å²) >= 11 is 1.53. The Kier molecular flexibility index (Phi) is 4.72. The van der Waals surface area contributed by atoms with Gasteiger partial charge in [0.15, 0.2) is 11.0 Å². The van der Waals surface area contributed by atoms with Crippen molar-refractivity contribution in [2.24, 2.45) is 0 Å². The zero-order valence-corrected chi connectivity index (χ0v) is 13.5. The molecule has 2 aromatic carbocycles. The summed E-state index contributed by atoms with van der Waals surface area (Å²) in [6, 6.07) is 16.1. The Morgan fingerprint density at radius 3 is 2.46 bits per heavy atom. The van der Waals surface area contributed by atoms with E-state index in [2.05, 4.69) is 16.8 Å². The van der Waals surface area contributed by atoms with E-state index in [0.717, 1.165) is 16.4 Å². The lowest BCUT2D eigenvalue weighted by Gasteiger charge is -2.09. The van der Waals surface area contributed by atoms with Crippen molar-refractivity contribution in [3.63, 3.8) is 0 Å². The lowest BCUT2D eigenvalue weighted by atomic mass is 10.2. The summed E-state index contributed by atoms with van der Waals surface area (Å²) in [4.78, 5) is 10.4. The van der Waals surface area contributed by atoms with Gasteiger partial charge in [0, 0.05) is 29.1 Å². The summed E-state index contributed by atoms with van der Waals surface area (Å²) in [6.45, 7) is 3.73. The maximum atomic E-state index is 10.8. The van der Waals surface area contributed by atoms with Gasteiger partial charge in [0.1, 0.15) is 0 Å². The van der Waals surface area contributed by atoms with Crippen molar-refractivity contribution in [3.8, 4) is 17.1 Å². The molecule has 0 N–H and O–H groups in total. The van der Waals surface area contributed by atoms with Gasteiger partial charge in [0.05, 0.1) is 4.92 Å². The molecular weight excluding hydrogens is 324 g/mol. The van der Waals surface area contributed by atoms with Crippen LogP contribution in [0.5, 0.6) is 0 Å². The summed E-state index contributed by atoms with van der Waals surface area (Å²) in [5, 5.41) is 20.1. The van der Waals surface area contributed by atoms with Crippen molar-refractivity contribution in [2.75, 3.05) is 5.75 Å². The Bertz CT molecular complexity index is 860. The number of benzene rings is 2. The van der Waals surface area contributed by atoms with E-state index in [-0.39, 0.29) is 5.69 Å². The number of nitro benzene ring substituents is 1. The molecule has 0 fully saturated rings. The molecule has 3 rings (SSSR count). The number of nitro groups is 1. The Hall–Kier alpha value is -2.93. The van der Waals surface area contributed by atoms with Gasteiger partial charge in [-0.05, 0) is 24.3 Å². The van der Waals surface area contributed by atoms with Crippen LogP contribution in [-0.4, -0.2) is 25.4 Å². The summed E-state index contributed by atoms with van der Waals surface area (Å²) in [5.41, 5.74) is 1.75. The molecule has 0 radical (unpaired) electrons. The van der Waals surface area contributed by atoms with Gasteiger partial charge in [-0.2, -0.15) is 0 Å². The van der Waals surface area contributed by atoms with Gasteiger partial charge in [0.2, 0.25) is 0 Å². The predicted molar refractivity (Wildman–Crippen MR) is 94.4 cm³/mol. The summed E-state index contributed by atoms with van der Waals surface area (Å²) in [6.07, 6.45) is 1.81. The Labute approximate surface area is 143 Å². The zero-order valence-electron chi connectivity index (χ0n) is 12.7. The first kappa shape index (κ1) is 15.9. The predicted octanol–water partition coefficient (Wildman–Crippen LogP) is 4.12. The van der Waals surface area contributed by atoms with Crippen LogP contribution in [0.3, 0.4) is 0 Å². The van der Waals surface area contributed by atoms with Crippen LogP contribution in [0.25, 0.3) is 17.1 Å². The second-order valence-corrected chi connectivity index (χ2v) is 5.87. The molecule has 120 valence electrons. The number of nitrogens with zero attached hydrogens (tertiary/aromatic N) is 4. The van der Waals surface area contributed by atoms with Crippen LogP contribution in [0.15, 0.2) is 72.4 Å². The Morgan fingerprint density at radius 1 is 1.12 bits per heavy atom. The highest BCUT2D eigenvalue weighted by atomic mass is 32.2. The highest BCUT2D eigenvalue weighted by molar-refractivity contribution is 7.99. The van der Waals surface area contributed by atoms with Gasteiger partial charge in [0.25, 0.3) is 5.69 Å². The fraction of sp³-hybridized carbons (Fsp3) is 0.0588. The Morgan fingerprint density at radius 2 is 1.83 bits per heavy atom. The van der Waals surface area contributed by atoms with Crippen molar-refractivity contribution in [2.45, 2.75) is 5.16 Å². The number of hydrogen-bond acceptors (Lipinski definition) is 5. The van der Waals surface area contributed by atoms with E-state index in [1.54, 1.807) is 18.2 Å². The van der Waals surface area contributed by atoms with Crippen LogP contribution in [-0.2, 0) is 0 Å². The third-order valence-corrected chi connectivity index (χ3v) is 4.24. The smallest absolute Gasteiger partial charge is 0.269 e. The van der Waals surface area contributed by atoms with Crippen molar-refractivity contribution < 1.29 is 4.92 Å². The fourth-order valence-corrected chi connectivity index (χ4v) is 2.91. The third kappa shape index (κ3) is 3.21. The number of rotatable bonds is 6. The van der Waals surface area contributed by atoms with Crippen molar-refractivity contribution in [3.05, 3.63) is 77.4 Å². The number of non-ortho nitro benzene ring substituents is 1. The summed E-state index contributed by atoms with van der Waals surface area (Å²) < 4.78 is 1.94. The molecule has 24 heavy (non-hydrogen) atoms. The van der Waals surface area contributed by atoms with E-state index in [9.17, 15) is 10.1 Å². The lowest BCUT2D eigenvalue weighted by Crippen LogP contribution is -1.99. The number of hydrogen-bond donors (Lipinski definition) is 0. The fourth-order valence-electron chi connectivity index (χ4n) is 2.23. The summed E-state index contributed by atoms with van der Waals surface area (Å²) in [5.74, 6) is 1.35.